The monoisotopic (exact) mass is 409 g/mol. The molecular formula is C18H15F4N5O2. The van der Waals surface area contributed by atoms with Crippen molar-refractivity contribution < 1.29 is 27.1 Å². The van der Waals surface area contributed by atoms with Crippen LogP contribution in [-0.4, -0.2) is 38.4 Å². The van der Waals surface area contributed by atoms with Gasteiger partial charge in [-0.25, -0.2) is 19.0 Å². The van der Waals surface area contributed by atoms with Crippen LogP contribution in [0.4, 0.5) is 17.6 Å². The van der Waals surface area contributed by atoms with Crippen molar-refractivity contribution in [2.24, 2.45) is 0 Å². The normalized spacial score (nSPS) is 11.3. The maximum atomic E-state index is 13.1. The highest BCUT2D eigenvalue weighted by atomic mass is 19.4. The number of halogens is 4. The molecule has 0 saturated carbocycles. The lowest BCUT2D eigenvalue weighted by atomic mass is 10.2. The van der Waals surface area contributed by atoms with Crippen LogP contribution >= 0.6 is 0 Å². The van der Waals surface area contributed by atoms with Crippen molar-refractivity contribution in [2.75, 3.05) is 6.61 Å². The second-order valence-corrected chi connectivity index (χ2v) is 5.93. The van der Waals surface area contributed by atoms with Crippen LogP contribution in [-0.2, 0) is 6.54 Å². The average molecular weight is 409 g/mol. The van der Waals surface area contributed by atoms with Gasteiger partial charge in [0.05, 0.1) is 5.69 Å². The smallest absolute Gasteiger partial charge is 0.422 e. The molecule has 1 aromatic carbocycles. The fourth-order valence-corrected chi connectivity index (χ4v) is 2.41. The van der Waals surface area contributed by atoms with Crippen LogP contribution in [0.2, 0.25) is 0 Å². The Morgan fingerprint density at radius 2 is 1.93 bits per heavy atom. The third-order valence-corrected chi connectivity index (χ3v) is 3.71. The van der Waals surface area contributed by atoms with E-state index in [1.165, 1.54) is 47.3 Å². The van der Waals surface area contributed by atoms with E-state index in [2.05, 4.69) is 25.1 Å². The molecule has 0 unspecified atom stereocenters. The molecule has 0 radical (unpaired) electrons. The number of hydrogen-bond acceptors (Lipinski definition) is 5. The number of ether oxygens (including phenoxy) is 1. The number of hydrogen-bond donors (Lipinski definition) is 1. The Kier molecular flexibility index (Phi) is 5.76. The largest absolute Gasteiger partial charge is 0.468 e. The SMILES string of the molecule is Cc1nc(C(=O)NCc2cccnc2OCC(F)(F)F)nn1-c1ccc(F)cc1. The van der Waals surface area contributed by atoms with Gasteiger partial charge in [0.25, 0.3) is 5.91 Å². The van der Waals surface area contributed by atoms with Gasteiger partial charge in [0.15, 0.2) is 6.61 Å². The molecule has 2 aromatic heterocycles. The van der Waals surface area contributed by atoms with Crippen LogP contribution in [0.3, 0.4) is 0 Å². The molecule has 1 N–H and O–H groups in total. The molecule has 0 saturated heterocycles. The minimum atomic E-state index is -4.51. The van der Waals surface area contributed by atoms with E-state index in [1.807, 2.05) is 0 Å². The van der Waals surface area contributed by atoms with E-state index in [-0.39, 0.29) is 23.8 Å². The van der Waals surface area contributed by atoms with Gasteiger partial charge in [-0.3, -0.25) is 4.79 Å². The third-order valence-electron chi connectivity index (χ3n) is 3.71. The topological polar surface area (TPSA) is 81.9 Å². The third kappa shape index (κ3) is 5.27. The summed E-state index contributed by atoms with van der Waals surface area (Å²) < 4.78 is 56.2. The Hall–Kier alpha value is -3.50. The van der Waals surface area contributed by atoms with Gasteiger partial charge in [0.2, 0.25) is 11.7 Å². The number of benzene rings is 1. The minimum Gasteiger partial charge on any atom is -0.468 e. The highest BCUT2D eigenvalue weighted by molar-refractivity contribution is 5.90. The number of aryl methyl sites for hydroxylation is 1. The molecule has 3 rings (SSSR count). The predicted molar refractivity (Wildman–Crippen MR) is 93.0 cm³/mol. The van der Waals surface area contributed by atoms with Gasteiger partial charge in [-0.1, -0.05) is 6.07 Å². The summed E-state index contributed by atoms with van der Waals surface area (Å²) in [6.45, 7) is -0.00484. The lowest BCUT2D eigenvalue weighted by Gasteiger charge is -2.12. The maximum absolute atomic E-state index is 13.1. The highest BCUT2D eigenvalue weighted by Gasteiger charge is 2.29. The predicted octanol–water partition coefficient (Wildman–Crippen LogP) is 2.98. The summed E-state index contributed by atoms with van der Waals surface area (Å²) in [5.74, 6) is -1.03. The molecule has 1 amide bonds. The van der Waals surface area contributed by atoms with Gasteiger partial charge < -0.3 is 10.1 Å². The molecule has 7 nitrogen and oxygen atoms in total. The first-order chi connectivity index (χ1) is 13.7. The molecule has 29 heavy (non-hydrogen) atoms. The Morgan fingerprint density at radius 1 is 1.21 bits per heavy atom. The van der Waals surface area contributed by atoms with Crippen LogP contribution in [0.1, 0.15) is 22.0 Å². The molecule has 2 heterocycles. The molecule has 0 bridgehead atoms. The molecule has 0 atom stereocenters. The molecule has 0 aliphatic carbocycles. The molecule has 0 aliphatic heterocycles. The van der Waals surface area contributed by atoms with Crippen molar-refractivity contribution >= 4 is 5.91 Å². The first kappa shape index (κ1) is 20.2. The Labute approximate surface area is 162 Å². The zero-order valence-corrected chi connectivity index (χ0v) is 15.1. The zero-order valence-electron chi connectivity index (χ0n) is 15.1. The van der Waals surface area contributed by atoms with E-state index in [1.54, 1.807) is 6.92 Å². The van der Waals surface area contributed by atoms with Crippen LogP contribution in [0.5, 0.6) is 5.88 Å². The number of pyridine rings is 1. The average Bonchev–Trinajstić information content (AvgIpc) is 3.07. The Morgan fingerprint density at radius 3 is 2.62 bits per heavy atom. The number of nitrogens with zero attached hydrogens (tertiary/aromatic N) is 4. The Bertz CT molecular complexity index is 1000. The number of carbonyl (C=O) groups excluding carboxylic acids is 1. The lowest BCUT2D eigenvalue weighted by Crippen LogP contribution is -2.25. The quantitative estimate of drug-likeness (QED) is 0.633. The highest BCUT2D eigenvalue weighted by Crippen LogP contribution is 2.20. The number of nitrogens with one attached hydrogen (secondary N) is 1. The summed E-state index contributed by atoms with van der Waals surface area (Å²) in [4.78, 5) is 20.2. The van der Waals surface area contributed by atoms with E-state index in [0.717, 1.165) is 0 Å². The van der Waals surface area contributed by atoms with Gasteiger partial charge >= 0.3 is 6.18 Å². The molecule has 0 fully saturated rings. The van der Waals surface area contributed by atoms with Crippen LogP contribution in [0.25, 0.3) is 5.69 Å². The van der Waals surface area contributed by atoms with Crippen molar-refractivity contribution in [2.45, 2.75) is 19.6 Å². The number of rotatable bonds is 6. The first-order valence-electron chi connectivity index (χ1n) is 8.34. The number of alkyl halides is 3. The molecule has 11 heteroatoms. The van der Waals surface area contributed by atoms with Crippen molar-refractivity contribution in [3.05, 3.63) is 65.6 Å². The molecule has 3 aromatic rings. The maximum Gasteiger partial charge on any atom is 0.422 e. The van der Waals surface area contributed by atoms with Gasteiger partial charge in [0.1, 0.15) is 11.6 Å². The van der Waals surface area contributed by atoms with Crippen LogP contribution in [0, 0.1) is 12.7 Å². The van der Waals surface area contributed by atoms with E-state index < -0.39 is 24.5 Å². The summed E-state index contributed by atoms with van der Waals surface area (Å²) in [6.07, 6.45) is -3.22. The lowest BCUT2D eigenvalue weighted by molar-refractivity contribution is -0.154. The fraction of sp³-hybridized carbons (Fsp3) is 0.222. The Balaban J connectivity index is 1.69. The molecule has 0 spiro atoms. The van der Waals surface area contributed by atoms with Gasteiger partial charge in [0, 0.05) is 18.3 Å². The van der Waals surface area contributed by atoms with Gasteiger partial charge in [-0.05, 0) is 37.3 Å². The van der Waals surface area contributed by atoms with Gasteiger partial charge in [-0.15, -0.1) is 5.10 Å². The van der Waals surface area contributed by atoms with Crippen molar-refractivity contribution in [1.29, 1.82) is 0 Å². The fourth-order valence-electron chi connectivity index (χ4n) is 2.41. The summed E-state index contributed by atoms with van der Waals surface area (Å²) in [6, 6.07) is 8.46. The summed E-state index contributed by atoms with van der Waals surface area (Å²) >= 11 is 0. The molecule has 0 aliphatic rings. The van der Waals surface area contributed by atoms with E-state index in [4.69, 9.17) is 0 Å². The standard InChI is InChI=1S/C18H15F4N5O2/c1-11-25-15(26-27(11)14-6-4-13(19)5-7-14)16(28)24-9-12-3-2-8-23-17(12)29-10-18(20,21)22/h2-8H,9-10H2,1H3,(H,24,28). The number of amides is 1. The van der Waals surface area contributed by atoms with Crippen LogP contribution in [0.15, 0.2) is 42.6 Å². The number of aromatic nitrogens is 4. The van der Waals surface area contributed by atoms with Crippen molar-refractivity contribution in [3.8, 4) is 11.6 Å². The molecule has 152 valence electrons. The minimum absolute atomic E-state index is 0.135. The van der Waals surface area contributed by atoms with E-state index in [9.17, 15) is 22.4 Å². The van der Waals surface area contributed by atoms with Crippen molar-refractivity contribution in [3.63, 3.8) is 0 Å². The van der Waals surface area contributed by atoms with Crippen LogP contribution < -0.4 is 10.1 Å². The zero-order chi connectivity index (χ0) is 21.0. The second-order valence-electron chi connectivity index (χ2n) is 5.93. The van der Waals surface area contributed by atoms with Crippen molar-refractivity contribution in [1.82, 2.24) is 25.1 Å². The number of carbonyl (C=O) groups is 1. The van der Waals surface area contributed by atoms with Gasteiger partial charge in [-0.2, -0.15) is 13.2 Å². The second kappa shape index (κ2) is 8.25. The summed E-state index contributed by atoms with van der Waals surface area (Å²) in [5.41, 5.74) is 0.783. The summed E-state index contributed by atoms with van der Waals surface area (Å²) in [7, 11) is 0. The van der Waals surface area contributed by atoms with E-state index in [0.29, 0.717) is 11.5 Å². The van der Waals surface area contributed by atoms with E-state index >= 15 is 0 Å². The first-order valence-corrected chi connectivity index (χ1v) is 8.34. The molecular weight excluding hydrogens is 394 g/mol. The summed E-state index contributed by atoms with van der Waals surface area (Å²) in [5, 5.41) is 6.60.